The molecule has 2 aromatic carbocycles. The molecule has 0 spiro atoms. The molecule has 1 aromatic heterocycles. The third-order valence-electron chi connectivity index (χ3n) is 3.90. The van der Waals surface area contributed by atoms with Crippen molar-refractivity contribution in [2.75, 3.05) is 0 Å². The number of rotatable bonds is 5. The summed E-state index contributed by atoms with van der Waals surface area (Å²) >= 11 is 11.5. The molecule has 0 aliphatic heterocycles. The number of para-hydroxylation sites is 1. The lowest BCUT2D eigenvalue weighted by Gasteiger charge is -2.23. The number of halogens is 3. The Balaban J connectivity index is 1.92. The molecule has 0 aliphatic carbocycles. The zero-order valence-electron chi connectivity index (χ0n) is 13.5. The van der Waals surface area contributed by atoms with Crippen molar-refractivity contribution in [1.29, 1.82) is 0 Å². The van der Waals surface area contributed by atoms with Crippen LogP contribution in [0.4, 0.5) is 4.39 Å². The predicted molar refractivity (Wildman–Crippen MR) is 98.6 cm³/mol. The van der Waals surface area contributed by atoms with Crippen LogP contribution in [-0.4, -0.2) is 15.6 Å². The third kappa shape index (κ3) is 4.06. The van der Waals surface area contributed by atoms with Crippen LogP contribution in [0.1, 0.15) is 11.1 Å². The molecule has 0 N–H and O–H groups in total. The van der Waals surface area contributed by atoms with E-state index < -0.39 is 10.7 Å². The molecule has 134 valence electrons. The number of fused-ring (bicyclic) bond motifs is 1. The average molecular weight is 394 g/mol. The molecule has 0 saturated heterocycles. The second-order valence-corrected chi connectivity index (χ2v) is 6.80. The Hall–Kier alpha value is -2.37. The minimum atomic E-state index is -1.28. The highest BCUT2D eigenvalue weighted by Gasteiger charge is 2.22. The van der Waals surface area contributed by atoms with Gasteiger partial charge in [-0.3, -0.25) is 9.59 Å². The molecule has 3 rings (SSSR count). The van der Waals surface area contributed by atoms with Crippen molar-refractivity contribution < 1.29 is 13.6 Å². The van der Waals surface area contributed by atoms with Crippen LogP contribution < -0.4 is 5.43 Å². The molecule has 0 saturated carbocycles. The van der Waals surface area contributed by atoms with Crippen LogP contribution >= 0.6 is 23.2 Å². The van der Waals surface area contributed by atoms with Crippen LogP contribution in [0, 0.1) is 5.82 Å². The zero-order chi connectivity index (χ0) is 18.7. The lowest BCUT2D eigenvalue weighted by Crippen LogP contribution is -2.35. The van der Waals surface area contributed by atoms with Gasteiger partial charge in [-0.05, 0) is 29.8 Å². The summed E-state index contributed by atoms with van der Waals surface area (Å²) in [6, 6.07) is 12.5. The molecule has 1 amide bonds. The molecule has 0 fully saturated rings. The maximum absolute atomic E-state index is 13.1. The summed E-state index contributed by atoms with van der Waals surface area (Å²) in [5.74, 6) is -0.931. The van der Waals surface area contributed by atoms with Gasteiger partial charge in [0.15, 0.2) is 10.3 Å². The number of hydrogen-bond donors (Lipinski definition) is 0. The van der Waals surface area contributed by atoms with Crippen LogP contribution in [0.15, 0.2) is 64.0 Å². The molecule has 0 bridgehead atoms. The zero-order valence-corrected chi connectivity index (χ0v) is 15.0. The van der Waals surface area contributed by atoms with Gasteiger partial charge in [-0.15, -0.1) is 0 Å². The van der Waals surface area contributed by atoms with E-state index in [2.05, 4.69) is 0 Å². The van der Waals surface area contributed by atoms with Crippen molar-refractivity contribution in [3.63, 3.8) is 0 Å². The lowest BCUT2D eigenvalue weighted by atomic mass is 10.1. The van der Waals surface area contributed by atoms with E-state index in [9.17, 15) is 14.0 Å². The number of amides is 1. The van der Waals surface area contributed by atoms with Crippen molar-refractivity contribution in [2.45, 2.75) is 17.9 Å². The van der Waals surface area contributed by atoms with Crippen LogP contribution in [0.3, 0.4) is 0 Å². The molecule has 0 radical (unpaired) electrons. The number of hydrogen-bond acceptors (Lipinski definition) is 3. The number of benzene rings is 2. The fourth-order valence-corrected chi connectivity index (χ4v) is 2.87. The Morgan fingerprint density at radius 1 is 1.08 bits per heavy atom. The summed E-state index contributed by atoms with van der Waals surface area (Å²) in [5, 5.41) is 0.424. The molecule has 4 nitrogen and oxygen atoms in total. The van der Waals surface area contributed by atoms with Crippen LogP contribution in [0.5, 0.6) is 0 Å². The molecular formula is C19H14Cl2FNO3. The van der Waals surface area contributed by atoms with Crippen LogP contribution in [-0.2, 0) is 17.9 Å². The summed E-state index contributed by atoms with van der Waals surface area (Å²) in [7, 11) is 0. The van der Waals surface area contributed by atoms with E-state index >= 15 is 0 Å². The SMILES string of the molecule is O=C(C(Cl)Cl)N(Cc1ccc(F)cc1)Cc1coc2ccccc2c1=O. The fourth-order valence-electron chi connectivity index (χ4n) is 2.59. The highest BCUT2D eigenvalue weighted by atomic mass is 35.5. The van der Waals surface area contributed by atoms with Gasteiger partial charge in [0.1, 0.15) is 11.4 Å². The van der Waals surface area contributed by atoms with Crippen molar-refractivity contribution >= 4 is 40.1 Å². The van der Waals surface area contributed by atoms with Gasteiger partial charge in [0.25, 0.3) is 5.91 Å². The predicted octanol–water partition coefficient (Wildman–Crippen LogP) is 4.26. The van der Waals surface area contributed by atoms with E-state index in [1.165, 1.54) is 23.3 Å². The maximum Gasteiger partial charge on any atom is 0.256 e. The van der Waals surface area contributed by atoms with E-state index in [4.69, 9.17) is 27.6 Å². The van der Waals surface area contributed by atoms with Crippen molar-refractivity contribution in [2.24, 2.45) is 0 Å². The first kappa shape index (κ1) is 18.4. The van der Waals surface area contributed by atoms with Gasteiger partial charge < -0.3 is 9.32 Å². The largest absolute Gasteiger partial charge is 0.464 e. The Labute approximate surface area is 158 Å². The number of carbonyl (C=O) groups is 1. The van der Waals surface area contributed by atoms with Crippen LogP contribution in [0.2, 0.25) is 0 Å². The number of carbonyl (C=O) groups excluding carboxylic acids is 1. The first-order valence-corrected chi connectivity index (χ1v) is 8.64. The first-order chi connectivity index (χ1) is 12.5. The van der Waals surface area contributed by atoms with Crippen LogP contribution in [0.25, 0.3) is 11.0 Å². The van der Waals surface area contributed by atoms with Gasteiger partial charge in [0.2, 0.25) is 0 Å². The fraction of sp³-hybridized carbons (Fsp3) is 0.158. The molecule has 3 aromatic rings. The van der Waals surface area contributed by atoms with Gasteiger partial charge in [-0.25, -0.2) is 4.39 Å². The smallest absolute Gasteiger partial charge is 0.256 e. The Morgan fingerprint density at radius 2 is 1.77 bits per heavy atom. The highest BCUT2D eigenvalue weighted by molar-refractivity contribution is 6.53. The molecule has 26 heavy (non-hydrogen) atoms. The summed E-state index contributed by atoms with van der Waals surface area (Å²) in [6.45, 7) is 0.0979. The van der Waals surface area contributed by atoms with Crippen molar-refractivity contribution in [3.05, 3.63) is 82.0 Å². The Kier molecular flexibility index (Phi) is 5.59. The second kappa shape index (κ2) is 7.89. The average Bonchev–Trinajstić information content (AvgIpc) is 2.64. The van der Waals surface area contributed by atoms with E-state index in [-0.39, 0.29) is 24.3 Å². The summed E-state index contributed by atoms with van der Waals surface area (Å²) in [4.78, 5) is 25.0. The van der Waals surface area contributed by atoms with Gasteiger partial charge >= 0.3 is 0 Å². The minimum Gasteiger partial charge on any atom is -0.464 e. The topological polar surface area (TPSA) is 50.5 Å². The summed E-state index contributed by atoms with van der Waals surface area (Å²) < 4.78 is 18.6. The maximum atomic E-state index is 13.1. The van der Waals surface area contributed by atoms with Gasteiger partial charge in [0, 0.05) is 6.54 Å². The van der Waals surface area contributed by atoms with Gasteiger partial charge in [-0.1, -0.05) is 47.5 Å². The van der Waals surface area contributed by atoms with Gasteiger partial charge in [0.05, 0.1) is 23.8 Å². The quantitative estimate of drug-likeness (QED) is 0.608. The third-order valence-corrected chi connectivity index (χ3v) is 4.27. The molecular weight excluding hydrogens is 380 g/mol. The minimum absolute atomic E-state index is 0.0285. The second-order valence-electron chi connectivity index (χ2n) is 5.71. The first-order valence-electron chi connectivity index (χ1n) is 7.76. The van der Waals surface area contributed by atoms with E-state index in [1.54, 1.807) is 36.4 Å². The number of nitrogens with zero attached hydrogens (tertiary/aromatic N) is 1. The molecule has 7 heteroatoms. The van der Waals surface area contributed by atoms with E-state index in [1.807, 2.05) is 0 Å². The monoisotopic (exact) mass is 393 g/mol. The molecule has 0 unspecified atom stereocenters. The summed E-state index contributed by atoms with van der Waals surface area (Å²) in [5.41, 5.74) is 1.21. The van der Waals surface area contributed by atoms with E-state index in [0.29, 0.717) is 22.1 Å². The Morgan fingerprint density at radius 3 is 2.46 bits per heavy atom. The molecule has 0 atom stereocenters. The highest BCUT2D eigenvalue weighted by Crippen LogP contribution is 2.17. The van der Waals surface area contributed by atoms with E-state index in [0.717, 1.165) is 0 Å². The standard InChI is InChI=1S/C19H14Cl2FNO3/c20-18(21)19(25)23(9-12-5-7-14(22)8-6-12)10-13-11-26-16-4-2-1-3-15(16)17(13)24/h1-8,11,18H,9-10H2. The molecule has 1 heterocycles. The molecule has 0 aliphatic rings. The Bertz CT molecular complexity index is 986. The lowest BCUT2D eigenvalue weighted by molar-refractivity contribution is -0.130. The van der Waals surface area contributed by atoms with Crippen molar-refractivity contribution in [3.8, 4) is 0 Å². The van der Waals surface area contributed by atoms with Gasteiger partial charge in [-0.2, -0.15) is 0 Å². The van der Waals surface area contributed by atoms with Crippen molar-refractivity contribution in [1.82, 2.24) is 4.90 Å². The normalized spacial score (nSPS) is 11.1. The number of alkyl halides is 2. The summed E-state index contributed by atoms with van der Waals surface area (Å²) in [6.07, 6.45) is 1.33.